The lowest BCUT2D eigenvalue weighted by Crippen LogP contribution is -2.38. The van der Waals surface area contributed by atoms with Crippen LogP contribution in [-0.4, -0.2) is 44.4 Å². The molecule has 0 radical (unpaired) electrons. The maximum atomic E-state index is 11.7. The van der Waals surface area contributed by atoms with Crippen LogP contribution in [0.4, 0.5) is 0 Å². The molecule has 1 atom stereocenters. The van der Waals surface area contributed by atoms with Crippen molar-refractivity contribution in [3.05, 3.63) is 21.9 Å². The fourth-order valence-corrected chi connectivity index (χ4v) is 4.45. The normalized spacial score (nSPS) is 20.6. The quantitative estimate of drug-likeness (QED) is 0.818. The molecule has 20 heavy (non-hydrogen) atoms. The number of nitrogens with one attached hydrogen (secondary N) is 1. The monoisotopic (exact) mass is 317 g/mol. The molecule has 1 aliphatic heterocycles. The van der Waals surface area contributed by atoms with Gasteiger partial charge in [-0.05, 0) is 30.4 Å². The summed E-state index contributed by atoms with van der Waals surface area (Å²) >= 11 is 1.26. The van der Waals surface area contributed by atoms with Gasteiger partial charge in [-0.1, -0.05) is 0 Å². The number of thiophene rings is 1. The van der Waals surface area contributed by atoms with E-state index in [9.17, 15) is 18.0 Å². The van der Waals surface area contributed by atoms with Crippen LogP contribution in [0.15, 0.2) is 11.4 Å². The van der Waals surface area contributed by atoms with Crippen molar-refractivity contribution in [2.75, 3.05) is 18.1 Å². The summed E-state index contributed by atoms with van der Waals surface area (Å²) in [6, 6.07) is 1.42. The minimum Gasteiger partial charge on any atom is -0.451 e. The van der Waals surface area contributed by atoms with Crippen molar-refractivity contribution in [1.82, 2.24) is 5.32 Å². The molecule has 0 unspecified atom stereocenters. The number of carbonyl (C=O) groups excluding carboxylic acids is 2. The summed E-state index contributed by atoms with van der Waals surface area (Å²) in [5, 5.41) is 4.33. The zero-order valence-corrected chi connectivity index (χ0v) is 12.6. The van der Waals surface area contributed by atoms with Crippen LogP contribution in [-0.2, 0) is 19.4 Å². The first-order chi connectivity index (χ1) is 9.37. The molecule has 1 aliphatic rings. The molecule has 1 saturated heterocycles. The molecule has 1 aromatic rings. The summed E-state index contributed by atoms with van der Waals surface area (Å²) in [6.07, 6.45) is 0.409. The third-order valence-corrected chi connectivity index (χ3v) is 5.74. The van der Waals surface area contributed by atoms with E-state index < -0.39 is 28.3 Å². The van der Waals surface area contributed by atoms with Gasteiger partial charge in [-0.25, -0.2) is 13.2 Å². The summed E-state index contributed by atoms with van der Waals surface area (Å²) in [4.78, 5) is 23.7. The molecule has 2 rings (SSSR count). The number of ether oxygens (including phenoxy) is 1. The van der Waals surface area contributed by atoms with Gasteiger partial charge in [-0.15, -0.1) is 11.3 Å². The fraction of sp³-hybridized carbons (Fsp3) is 0.500. The molecule has 0 spiro atoms. The molecule has 8 heteroatoms. The molecule has 1 aromatic heterocycles. The number of aryl methyl sites for hydroxylation is 1. The Morgan fingerprint density at radius 3 is 2.80 bits per heavy atom. The van der Waals surface area contributed by atoms with E-state index in [0.29, 0.717) is 11.3 Å². The van der Waals surface area contributed by atoms with E-state index in [1.807, 2.05) is 0 Å². The Balaban J connectivity index is 1.79. The number of sulfone groups is 1. The number of rotatable bonds is 4. The van der Waals surface area contributed by atoms with Crippen LogP contribution in [0.25, 0.3) is 0 Å². The Hall–Kier alpha value is -1.41. The molecule has 0 aromatic carbocycles. The highest BCUT2D eigenvalue weighted by atomic mass is 32.2. The van der Waals surface area contributed by atoms with Gasteiger partial charge in [0, 0.05) is 6.04 Å². The number of hydrogen-bond donors (Lipinski definition) is 1. The average Bonchev–Trinajstić information content (AvgIpc) is 2.92. The van der Waals surface area contributed by atoms with E-state index >= 15 is 0 Å². The van der Waals surface area contributed by atoms with Gasteiger partial charge in [0.05, 0.1) is 11.5 Å². The summed E-state index contributed by atoms with van der Waals surface area (Å²) in [6.45, 7) is 1.39. The highest BCUT2D eigenvalue weighted by Gasteiger charge is 2.29. The van der Waals surface area contributed by atoms with Crippen molar-refractivity contribution in [2.24, 2.45) is 0 Å². The molecular weight excluding hydrogens is 302 g/mol. The zero-order chi connectivity index (χ0) is 14.8. The number of hydrogen-bond acceptors (Lipinski definition) is 6. The molecule has 0 bridgehead atoms. The van der Waals surface area contributed by atoms with Gasteiger partial charge in [0.2, 0.25) is 0 Å². The lowest BCUT2D eigenvalue weighted by Gasteiger charge is -2.10. The van der Waals surface area contributed by atoms with Crippen molar-refractivity contribution in [2.45, 2.75) is 19.4 Å². The van der Waals surface area contributed by atoms with Gasteiger partial charge in [-0.2, -0.15) is 0 Å². The van der Waals surface area contributed by atoms with Crippen LogP contribution in [0.2, 0.25) is 0 Å². The van der Waals surface area contributed by atoms with Gasteiger partial charge in [0.15, 0.2) is 16.4 Å². The van der Waals surface area contributed by atoms with Crippen LogP contribution < -0.4 is 5.32 Å². The van der Waals surface area contributed by atoms with Gasteiger partial charge in [-0.3, -0.25) is 4.79 Å². The number of esters is 1. The Labute approximate surface area is 121 Å². The first-order valence-electron chi connectivity index (χ1n) is 6.08. The second-order valence-electron chi connectivity index (χ2n) is 4.68. The van der Waals surface area contributed by atoms with Crippen LogP contribution in [0.5, 0.6) is 0 Å². The third kappa shape index (κ3) is 3.80. The Morgan fingerprint density at radius 1 is 1.50 bits per heavy atom. The van der Waals surface area contributed by atoms with Crippen molar-refractivity contribution >= 4 is 33.1 Å². The van der Waals surface area contributed by atoms with Gasteiger partial charge in [0.25, 0.3) is 5.91 Å². The maximum Gasteiger partial charge on any atom is 0.349 e. The van der Waals surface area contributed by atoms with Gasteiger partial charge < -0.3 is 10.1 Å². The first kappa shape index (κ1) is 15.0. The summed E-state index contributed by atoms with van der Waals surface area (Å²) < 4.78 is 27.4. The SMILES string of the molecule is Cc1ccsc1C(=O)OCC(=O)N[C@@H]1CCS(=O)(=O)C1. The molecule has 1 fully saturated rings. The van der Waals surface area contributed by atoms with Crippen LogP contribution in [0.3, 0.4) is 0 Å². The molecule has 2 heterocycles. The Bertz CT molecular complexity index is 620. The number of amides is 1. The minimum absolute atomic E-state index is 0.0449. The van der Waals surface area contributed by atoms with Crippen molar-refractivity contribution in [1.29, 1.82) is 0 Å². The van der Waals surface area contributed by atoms with E-state index in [2.05, 4.69) is 5.32 Å². The van der Waals surface area contributed by atoms with Crippen LogP contribution in [0.1, 0.15) is 21.7 Å². The van der Waals surface area contributed by atoms with E-state index in [1.165, 1.54) is 11.3 Å². The molecule has 6 nitrogen and oxygen atoms in total. The highest BCUT2D eigenvalue weighted by molar-refractivity contribution is 7.91. The van der Waals surface area contributed by atoms with E-state index in [4.69, 9.17) is 4.74 Å². The fourth-order valence-electron chi connectivity index (χ4n) is 1.96. The predicted octanol–water partition coefficient (Wildman–Crippen LogP) is 0.517. The standard InChI is InChI=1S/C12H15NO5S2/c1-8-2-4-19-11(8)12(15)18-6-10(14)13-9-3-5-20(16,17)7-9/h2,4,9H,3,5-7H2,1H3,(H,13,14)/t9-/m1/s1. The zero-order valence-electron chi connectivity index (χ0n) is 10.9. The first-order valence-corrected chi connectivity index (χ1v) is 8.78. The molecule has 0 aliphatic carbocycles. The van der Waals surface area contributed by atoms with Crippen molar-refractivity contribution < 1.29 is 22.7 Å². The van der Waals surface area contributed by atoms with E-state index in [0.717, 1.165) is 5.56 Å². The van der Waals surface area contributed by atoms with E-state index in [-0.39, 0.29) is 17.5 Å². The van der Waals surface area contributed by atoms with Crippen molar-refractivity contribution in [3.63, 3.8) is 0 Å². The third-order valence-electron chi connectivity index (χ3n) is 2.98. The van der Waals surface area contributed by atoms with E-state index in [1.54, 1.807) is 18.4 Å². The van der Waals surface area contributed by atoms with Crippen LogP contribution in [0, 0.1) is 6.92 Å². The Morgan fingerprint density at radius 2 is 2.25 bits per heavy atom. The van der Waals surface area contributed by atoms with Crippen LogP contribution >= 0.6 is 11.3 Å². The second kappa shape index (κ2) is 5.92. The highest BCUT2D eigenvalue weighted by Crippen LogP contribution is 2.16. The molecular formula is C12H15NO5S2. The second-order valence-corrected chi connectivity index (χ2v) is 7.82. The Kier molecular flexibility index (Phi) is 4.44. The molecule has 1 amide bonds. The summed E-state index contributed by atoms with van der Waals surface area (Å²) in [5.74, 6) is -0.968. The lowest BCUT2D eigenvalue weighted by molar-refractivity contribution is -0.124. The average molecular weight is 317 g/mol. The predicted molar refractivity (Wildman–Crippen MR) is 74.5 cm³/mol. The molecule has 1 N–H and O–H groups in total. The van der Waals surface area contributed by atoms with Crippen molar-refractivity contribution in [3.8, 4) is 0 Å². The largest absolute Gasteiger partial charge is 0.451 e. The molecule has 110 valence electrons. The summed E-state index contributed by atoms with van der Waals surface area (Å²) in [5.41, 5.74) is 0.808. The molecule has 0 saturated carbocycles. The smallest absolute Gasteiger partial charge is 0.349 e. The maximum absolute atomic E-state index is 11.7. The van der Waals surface area contributed by atoms with Gasteiger partial charge >= 0.3 is 5.97 Å². The number of carbonyl (C=O) groups is 2. The minimum atomic E-state index is -3.03. The van der Waals surface area contributed by atoms with Gasteiger partial charge in [0.1, 0.15) is 4.88 Å². The lowest BCUT2D eigenvalue weighted by atomic mass is 10.2. The topological polar surface area (TPSA) is 89.5 Å². The summed E-state index contributed by atoms with van der Waals surface area (Å²) in [7, 11) is -3.03.